The zero-order valence-electron chi connectivity index (χ0n) is 7.09. The normalized spacial score (nSPS) is 10.6. The quantitative estimate of drug-likeness (QED) is 0.854. The van der Waals surface area contributed by atoms with Crippen molar-refractivity contribution >= 4 is 28.6 Å². The van der Waals surface area contributed by atoms with Gasteiger partial charge in [0.1, 0.15) is 0 Å². The summed E-state index contributed by atoms with van der Waals surface area (Å²) in [5, 5.41) is 8.65. The Morgan fingerprint density at radius 1 is 1.64 bits per heavy atom. The summed E-state index contributed by atoms with van der Waals surface area (Å²) in [5.74, 6) is -1.30. The molecule has 0 amide bonds. The van der Waals surface area contributed by atoms with Gasteiger partial charge in [0.15, 0.2) is 5.69 Å². The Morgan fingerprint density at radius 2 is 2.21 bits per heavy atom. The molecular weight excluding hydrogens is 307 g/mol. The second-order valence-corrected chi connectivity index (χ2v) is 3.70. The van der Waals surface area contributed by atoms with Crippen LogP contribution in [0.1, 0.15) is 28.0 Å². The third kappa shape index (κ3) is 1.99. The molecule has 0 atom stereocenters. The van der Waals surface area contributed by atoms with Crippen molar-refractivity contribution in [2.24, 2.45) is 0 Å². The van der Waals surface area contributed by atoms with Crippen LogP contribution in [-0.4, -0.2) is 16.1 Å². The fourth-order valence-corrected chi connectivity index (χ4v) is 2.04. The van der Waals surface area contributed by atoms with Crippen LogP contribution in [0.25, 0.3) is 0 Å². The number of halogens is 3. The van der Waals surface area contributed by atoms with Crippen LogP contribution in [-0.2, 0) is 0 Å². The summed E-state index contributed by atoms with van der Waals surface area (Å²) in [5.41, 5.74) is -0.279. The second kappa shape index (κ2) is 4.16. The highest BCUT2D eigenvalue weighted by Gasteiger charge is 2.21. The van der Waals surface area contributed by atoms with E-state index in [-0.39, 0.29) is 14.8 Å². The highest BCUT2D eigenvalue weighted by molar-refractivity contribution is 14.1. The number of pyridine rings is 1. The lowest BCUT2D eigenvalue weighted by molar-refractivity contribution is 0.0688. The molecule has 0 aliphatic heterocycles. The maximum Gasteiger partial charge on any atom is 0.355 e. The first kappa shape index (κ1) is 11.3. The average molecular weight is 313 g/mol. The number of aryl methyl sites for hydroxylation is 1. The molecule has 1 aromatic heterocycles. The van der Waals surface area contributed by atoms with E-state index in [1.165, 1.54) is 6.92 Å². The van der Waals surface area contributed by atoms with Crippen molar-refractivity contribution in [3.8, 4) is 0 Å². The molecule has 0 unspecified atom stereocenters. The molecule has 0 radical (unpaired) electrons. The Bertz CT molecular complexity index is 382. The molecule has 14 heavy (non-hydrogen) atoms. The number of nitrogens with zero attached hydrogens (tertiary/aromatic N) is 1. The highest BCUT2D eigenvalue weighted by Crippen LogP contribution is 2.28. The molecule has 0 spiro atoms. The maximum atomic E-state index is 12.5. The van der Waals surface area contributed by atoms with E-state index >= 15 is 0 Å². The summed E-state index contributed by atoms with van der Waals surface area (Å²) in [6.07, 6.45) is -1.53. The SMILES string of the molecule is Cc1cnc(C(=O)O)c(I)c1C(F)F. The summed E-state index contributed by atoms with van der Waals surface area (Å²) in [6, 6.07) is 0. The predicted molar refractivity (Wildman–Crippen MR) is 53.6 cm³/mol. The van der Waals surface area contributed by atoms with Gasteiger partial charge in [-0.05, 0) is 35.1 Å². The maximum absolute atomic E-state index is 12.5. The molecular formula is C8H6F2INO2. The molecule has 0 aromatic carbocycles. The van der Waals surface area contributed by atoms with Crippen LogP contribution in [0.2, 0.25) is 0 Å². The Balaban J connectivity index is 3.41. The first-order chi connectivity index (χ1) is 6.45. The summed E-state index contributed by atoms with van der Waals surface area (Å²) in [6.45, 7) is 1.47. The number of hydrogen-bond acceptors (Lipinski definition) is 2. The lowest BCUT2D eigenvalue weighted by Crippen LogP contribution is -2.08. The van der Waals surface area contributed by atoms with Gasteiger partial charge in [0.05, 0.1) is 3.57 Å². The molecule has 3 nitrogen and oxygen atoms in total. The summed E-state index contributed by atoms with van der Waals surface area (Å²) < 4.78 is 25.0. The van der Waals surface area contributed by atoms with Crippen LogP contribution in [0.5, 0.6) is 0 Å². The molecule has 6 heteroatoms. The highest BCUT2D eigenvalue weighted by atomic mass is 127. The van der Waals surface area contributed by atoms with E-state index in [1.54, 1.807) is 22.6 Å². The van der Waals surface area contributed by atoms with E-state index in [1.807, 2.05) is 0 Å². The van der Waals surface area contributed by atoms with Gasteiger partial charge in [-0.3, -0.25) is 0 Å². The smallest absolute Gasteiger partial charge is 0.355 e. The van der Waals surface area contributed by atoms with Crippen LogP contribution in [0, 0.1) is 10.5 Å². The van der Waals surface area contributed by atoms with E-state index in [9.17, 15) is 13.6 Å². The number of aromatic carboxylic acids is 1. The topological polar surface area (TPSA) is 50.2 Å². The van der Waals surface area contributed by atoms with Gasteiger partial charge in [-0.1, -0.05) is 0 Å². The zero-order valence-corrected chi connectivity index (χ0v) is 9.25. The number of aromatic nitrogens is 1. The minimum absolute atomic E-state index is 0.00472. The Hall–Kier alpha value is -0.790. The molecule has 1 aromatic rings. The molecule has 1 N–H and O–H groups in total. The fraction of sp³-hybridized carbons (Fsp3) is 0.250. The van der Waals surface area contributed by atoms with Crippen LogP contribution < -0.4 is 0 Å². The lowest BCUT2D eigenvalue weighted by Gasteiger charge is -2.08. The minimum atomic E-state index is -2.68. The molecule has 76 valence electrons. The number of hydrogen-bond donors (Lipinski definition) is 1. The predicted octanol–water partition coefficient (Wildman–Crippen LogP) is 2.63. The Morgan fingerprint density at radius 3 is 2.64 bits per heavy atom. The molecule has 0 bridgehead atoms. The van der Waals surface area contributed by atoms with Gasteiger partial charge in [-0.2, -0.15) is 0 Å². The first-order valence-corrected chi connectivity index (χ1v) is 4.69. The first-order valence-electron chi connectivity index (χ1n) is 3.61. The van der Waals surface area contributed by atoms with Crippen molar-refractivity contribution in [3.05, 3.63) is 26.6 Å². The minimum Gasteiger partial charge on any atom is -0.476 e. The molecule has 0 aliphatic rings. The van der Waals surface area contributed by atoms with Gasteiger partial charge in [-0.25, -0.2) is 18.6 Å². The van der Waals surface area contributed by atoms with Crippen molar-refractivity contribution in [1.82, 2.24) is 4.98 Å². The van der Waals surface area contributed by atoms with Gasteiger partial charge >= 0.3 is 5.97 Å². The van der Waals surface area contributed by atoms with Crippen LogP contribution >= 0.6 is 22.6 Å². The standard InChI is InChI=1S/C8H6F2INO2/c1-3-2-12-6(8(13)14)5(11)4(3)7(9)10/h2,7H,1H3,(H,13,14). The van der Waals surface area contributed by atoms with Crippen molar-refractivity contribution in [2.45, 2.75) is 13.3 Å². The molecule has 0 saturated carbocycles. The van der Waals surface area contributed by atoms with Gasteiger partial charge in [0, 0.05) is 11.8 Å². The van der Waals surface area contributed by atoms with E-state index in [0.717, 1.165) is 6.20 Å². The Labute approximate surface area is 92.3 Å². The zero-order chi connectivity index (χ0) is 10.9. The van der Waals surface area contributed by atoms with Crippen LogP contribution in [0.4, 0.5) is 8.78 Å². The van der Waals surface area contributed by atoms with Crippen molar-refractivity contribution in [2.75, 3.05) is 0 Å². The van der Waals surface area contributed by atoms with E-state index in [0.29, 0.717) is 5.56 Å². The van der Waals surface area contributed by atoms with E-state index in [4.69, 9.17) is 5.11 Å². The Kier molecular flexibility index (Phi) is 3.35. The van der Waals surface area contributed by atoms with Crippen LogP contribution in [0.15, 0.2) is 6.20 Å². The summed E-state index contributed by atoms with van der Waals surface area (Å²) >= 11 is 1.57. The van der Waals surface area contributed by atoms with Gasteiger partial charge in [-0.15, -0.1) is 0 Å². The number of carboxylic acid groups (broad SMARTS) is 1. The van der Waals surface area contributed by atoms with Gasteiger partial charge < -0.3 is 5.11 Å². The lowest BCUT2D eigenvalue weighted by atomic mass is 10.1. The van der Waals surface area contributed by atoms with E-state index < -0.39 is 12.4 Å². The molecule has 1 rings (SSSR count). The monoisotopic (exact) mass is 313 g/mol. The molecule has 1 heterocycles. The van der Waals surface area contributed by atoms with Crippen LogP contribution in [0.3, 0.4) is 0 Å². The third-order valence-electron chi connectivity index (χ3n) is 1.68. The third-order valence-corrected chi connectivity index (χ3v) is 2.77. The number of carbonyl (C=O) groups is 1. The van der Waals surface area contributed by atoms with Gasteiger partial charge in [0.2, 0.25) is 0 Å². The van der Waals surface area contributed by atoms with Crippen molar-refractivity contribution < 1.29 is 18.7 Å². The summed E-state index contributed by atoms with van der Waals surface area (Å²) in [7, 11) is 0. The molecule has 0 saturated heterocycles. The molecule has 0 aliphatic carbocycles. The molecule has 0 fully saturated rings. The van der Waals surface area contributed by atoms with Gasteiger partial charge in [0.25, 0.3) is 6.43 Å². The number of carboxylic acids is 1. The number of alkyl halides is 2. The second-order valence-electron chi connectivity index (χ2n) is 2.62. The van der Waals surface area contributed by atoms with Crippen molar-refractivity contribution in [3.63, 3.8) is 0 Å². The number of rotatable bonds is 2. The van der Waals surface area contributed by atoms with E-state index in [2.05, 4.69) is 4.98 Å². The van der Waals surface area contributed by atoms with Crippen molar-refractivity contribution in [1.29, 1.82) is 0 Å². The average Bonchev–Trinajstić information content (AvgIpc) is 2.02. The summed E-state index contributed by atoms with van der Waals surface area (Å²) in [4.78, 5) is 14.2. The largest absolute Gasteiger partial charge is 0.476 e. The fourth-order valence-electron chi connectivity index (χ4n) is 1.01.